The van der Waals surface area contributed by atoms with Gasteiger partial charge in [0.25, 0.3) is 11.8 Å². The summed E-state index contributed by atoms with van der Waals surface area (Å²) in [6.07, 6.45) is 0. The number of hydrogen-bond acceptors (Lipinski definition) is 7. The Morgan fingerprint density at radius 3 is 2.24 bits per heavy atom. The molecule has 0 bridgehead atoms. The van der Waals surface area contributed by atoms with Gasteiger partial charge >= 0.3 is 0 Å². The number of rotatable bonds is 6. The van der Waals surface area contributed by atoms with Crippen molar-refractivity contribution in [3.05, 3.63) is 40.4 Å². The number of carbonyl (C=O) groups excluding carboxylic acids is 2. The summed E-state index contributed by atoms with van der Waals surface area (Å²) in [5.41, 5.74) is 5.83. The van der Waals surface area contributed by atoms with E-state index in [4.69, 9.17) is 31.5 Å². The summed E-state index contributed by atoms with van der Waals surface area (Å²) in [4.78, 5) is 24.9. The molecule has 0 unspecified atom stereocenters. The van der Waals surface area contributed by atoms with Gasteiger partial charge in [-0.05, 0) is 24.3 Å². The first-order chi connectivity index (χ1) is 13.8. The van der Waals surface area contributed by atoms with E-state index in [0.29, 0.717) is 27.3 Å². The third-order valence-corrected chi connectivity index (χ3v) is 5.81. The average Bonchev–Trinajstić information content (AvgIpc) is 3.08. The SMILES string of the molecule is COc1cc(C(=O)Nc2sc3c(Cl)c(O)ccc3c2C(N)=O)cc(OC)c1OC. The molecule has 0 aliphatic rings. The Morgan fingerprint density at radius 2 is 1.72 bits per heavy atom. The molecule has 0 saturated heterocycles. The highest BCUT2D eigenvalue weighted by atomic mass is 35.5. The fourth-order valence-corrected chi connectivity index (χ4v) is 4.25. The zero-order chi connectivity index (χ0) is 21.3. The lowest BCUT2D eigenvalue weighted by molar-refractivity contribution is 0.100. The summed E-state index contributed by atoms with van der Waals surface area (Å²) in [7, 11) is 4.32. The van der Waals surface area contributed by atoms with E-state index in [1.165, 1.54) is 45.6 Å². The van der Waals surface area contributed by atoms with Crippen LogP contribution < -0.4 is 25.3 Å². The van der Waals surface area contributed by atoms with Crippen molar-refractivity contribution < 1.29 is 28.9 Å². The van der Waals surface area contributed by atoms with Crippen LogP contribution in [0.2, 0.25) is 5.02 Å². The van der Waals surface area contributed by atoms with Crippen molar-refractivity contribution in [2.45, 2.75) is 0 Å². The number of phenolic OH excluding ortho intramolecular Hbond substituents is 1. The van der Waals surface area contributed by atoms with Crippen molar-refractivity contribution in [2.75, 3.05) is 26.6 Å². The van der Waals surface area contributed by atoms with Gasteiger partial charge in [0.05, 0.1) is 31.6 Å². The van der Waals surface area contributed by atoms with Crippen molar-refractivity contribution in [2.24, 2.45) is 5.73 Å². The van der Waals surface area contributed by atoms with Crippen molar-refractivity contribution in [3.8, 4) is 23.0 Å². The van der Waals surface area contributed by atoms with Crippen LogP contribution >= 0.6 is 22.9 Å². The molecule has 1 aromatic heterocycles. The zero-order valence-electron chi connectivity index (χ0n) is 15.7. The van der Waals surface area contributed by atoms with Crippen LogP contribution in [0.3, 0.4) is 0 Å². The van der Waals surface area contributed by atoms with Gasteiger partial charge in [0.15, 0.2) is 11.5 Å². The van der Waals surface area contributed by atoms with Crippen LogP contribution in [0.5, 0.6) is 23.0 Å². The number of ether oxygens (including phenoxy) is 3. The molecule has 0 spiro atoms. The van der Waals surface area contributed by atoms with E-state index in [1.807, 2.05) is 0 Å². The van der Waals surface area contributed by atoms with Gasteiger partial charge in [0.2, 0.25) is 5.75 Å². The number of aromatic hydroxyl groups is 1. The quantitative estimate of drug-likeness (QED) is 0.542. The van der Waals surface area contributed by atoms with E-state index in [0.717, 1.165) is 11.3 Å². The molecule has 0 radical (unpaired) electrons. The molecular weight excluding hydrogens is 420 g/mol. The molecule has 0 fully saturated rings. The lowest BCUT2D eigenvalue weighted by atomic mass is 10.1. The van der Waals surface area contributed by atoms with Crippen molar-refractivity contribution >= 4 is 49.8 Å². The third-order valence-electron chi connectivity index (χ3n) is 4.18. The highest BCUT2D eigenvalue weighted by Gasteiger charge is 2.23. The van der Waals surface area contributed by atoms with Crippen LogP contribution in [0, 0.1) is 0 Å². The minimum Gasteiger partial charge on any atom is -0.506 e. The number of fused-ring (bicyclic) bond motifs is 1. The molecule has 3 aromatic rings. The minimum atomic E-state index is -0.738. The molecule has 8 nitrogen and oxygen atoms in total. The summed E-state index contributed by atoms with van der Waals surface area (Å²) in [6, 6.07) is 5.83. The number of phenols is 1. The van der Waals surface area contributed by atoms with Gasteiger partial charge in [-0.3, -0.25) is 9.59 Å². The molecule has 10 heteroatoms. The number of nitrogens with two attached hydrogens (primary N) is 1. The van der Waals surface area contributed by atoms with Crippen LogP contribution in [-0.4, -0.2) is 38.3 Å². The standard InChI is InChI=1S/C19H17ClN2O6S/c1-26-11-6-8(7-12(27-2)15(11)28-3)18(25)22-19-13(17(21)24)9-4-5-10(23)14(20)16(9)29-19/h4-7,23H,1-3H3,(H2,21,24)(H,22,25). The van der Waals surface area contributed by atoms with E-state index in [9.17, 15) is 14.7 Å². The zero-order valence-corrected chi connectivity index (χ0v) is 17.2. The van der Waals surface area contributed by atoms with E-state index in [1.54, 1.807) is 0 Å². The number of carbonyl (C=O) groups is 2. The Labute approximate surface area is 174 Å². The first kappa shape index (κ1) is 20.6. The van der Waals surface area contributed by atoms with Gasteiger partial charge in [-0.25, -0.2) is 0 Å². The second-order valence-corrected chi connectivity index (χ2v) is 7.21. The summed E-state index contributed by atoms with van der Waals surface area (Å²) in [5.74, 6) is -0.461. The molecule has 2 amide bonds. The molecule has 1 heterocycles. The number of nitrogens with one attached hydrogen (secondary N) is 1. The Morgan fingerprint density at radius 1 is 1.10 bits per heavy atom. The smallest absolute Gasteiger partial charge is 0.256 e. The number of hydrogen-bond donors (Lipinski definition) is 3. The maximum Gasteiger partial charge on any atom is 0.256 e. The molecule has 29 heavy (non-hydrogen) atoms. The van der Waals surface area contributed by atoms with Crippen LogP contribution in [-0.2, 0) is 0 Å². The Kier molecular flexibility index (Phi) is 5.71. The maximum atomic E-state index is 12.9. The van der Waals surface area contributed by atoms with Gasteiger partial charge in [0, 0.05) is 10.9 Å². The maximum absolute atomic E-state index is 12.9. The van der Waals surface area contributed by atoms with Crippen LogP contribution in [0.4, 0.5) is 5.00 Å². The summed E-state index contributed by atoms with van der Waals surface area (Å²) < 4.78 is 16.2. The van der Waals surface area contributed by atoms with E-state index < -0.39 is 11.8 Å². The van der Waals surface area contributed by atoms with E-state index in [2.05, 4.69) is 5.32 Å². The summed E-state index contributed by atoms with van der Waals surface area (Å²) >= 11 is 7.16. The fraction of sp³-hybridized carbons (Fsp3) is 0.158. The molecule has 0 saturated carbocycles. The highest BCUT2D eigenvalue weighted by molar-refractivity contribution is 7.24. The molecular formula is C19H17ClN2O6S. The fourth-order valence-electron chi connectivity index (χ4n) is 2.84. The molecule has 4 N–H and O–H groups in total. The van der Waals surface area contributed by atoms with Crippen LogP contribution in [0.1, 0.15) is 20.7 Å². The first-order valence-corrected chi connectivity index (χ1v) is 9.36. The summed E-state index contributed by atoms with van der Waals surface area (Å²) in [6.45, 7) is 0. The second kappa shape index (κ2) is 8.06. The topological polar surface area (TPSA) is 120 Å². The monoisotopic (exact) mass is 436 g/mol. The van der Waals surface area contributed by atoms with Gasteiger partial charge in [-0.1, -0.05) is 11.6 Å². The predicted molar refractivity (Wildman–Crippen MR) is 111 cm³/mol. The number of amides is 2. The molecule has 0 aliphatic carbocycles. The van der Waals surface area contributed by atoms with Crippen LogP contribution in [0.15, 0.2) is 24.3 Å². The van der Waals surface area contributed by atoms with Gasteiger partial charge in [0.1, 0.15) is 15.8 Å². The largest absolute Gasteiger partial charge is 0.506 e. The molecule has 3 rings (SSSR count). The number of anilines is 1. The molecule has 0 atom stereocenters. The second-order valence-electron chi connectivity index (χ2n) is 5.81. The number of benzene rings is 2. The third kappa shape index (κ3) is 3.62. The Hall–Kier alpha value is -3.17. The normalized spacial score (nSPS) is 10.6. The lowest BCUT2D eigenvalue weighted by Crippen LogP contribution is -2.17. The van der Waals surface area contributed by atoms with Gasteiger partial charge in [-0.2, -0.15) is 0 Å². The van der Waals surface area contributed by atoms with Gasteiger partial charge < -0.3 is 30.4 Å². The van der Waals surface area contributed by atoms with Crippen LogP contribution in [0.25, 0.3) is 10.1 Å². The predicted octanol–water partition coefficient (Wildman–Crippen LogP) is 3.64. The Balaban J connectivity index is 2.08. The number of primary amides is 1. The van der Waals surface area contributed by atoms with E-state index in [-0.39, 0.29) is 26.9 Å². The van der Waals surface area contributed by atoms with Gasteiger partial charge in [-0.15, -0.1) is 11.3 Å². The summed E-state index contributed by atoms with van der Waals surface area (Å²) in [5, 5.41) is 13.2. The molecule has 152 valence electrons. The number of halogens is 1. The minimum absolute atomic E-state index is 0.0725. The number of methoxy groups -OCH3 is 3. The Bertz CT molecular complexity index is 1100. The van der Waals surface area contributed by atoms with Crippen molar-refractivity contribution in [1.82, 2.24) is 0 Å². The van der Waals surface area contributed by atoms with Crippen molar-refractivity contribution in [1.29, 1.82) is 0 Å². The highest BCUT2D eigenvalue weighted by Crippen LogP contribution is 2.43. The average molecular weight is 437 g/mol. The van der Waals surface area contributed by atoms with E-state index >= 15 is 0 Å². The molecule has 2 aromatic carbocycles. The lowest BCUT2D eigenvalue weighted by Gasteiger charge is -2.14. The van der Waals surface area contributed by atoms with Crippen molar-refractivity contribution in [3.63, 3.8) is 0 Å². The molecule has 0 aliphatic heterocycles. The number of thiophene rings is 1. The first-order valence-electron chi connectivity index (χ1n) is 8.17.